The summed E-state index contributed by atoms with van der Waals surface area (Å²) in [5.74, 6) is 1.69. The molecule has 1 aromatic heterocycles. The van der Waals surface area contributed by atoms with Crippen molar-refractivity contribution < 1.29 is 14.3 Å². The van der Waals surface area contributed by atoms with Crippen LogP contribution in [0.3, 0.4) is 0 Å². The minimum atomic E-state index is -0.257. The number of nitrogens with zero attached hydrogens (tertiary/aromatic N) is 2. The minimum absolute atomic E-state index is 0.246. The van der Waals surface area contributed by atoms with Gasteiger partial charge >= 0.3 is 0 Å². The van der Waals surface area contributed by atoms with E-state index in [1.165, 1.54) is 0 Å². The molecule has 0 aliphatic carbocycles. The fraction of sp³-hybridized carbons (Fsp3) is 0.389. The van der Waals surface area contributed by atoms with Gasteiger partial charge in [0.05, 0.1) is 13.7 Å². The predicted molar refractivity (Wildman–Crippen MR) is 96.2 cm³/mol. The van der Waals surface area contributed by atoms with Gasteiger partial charge in [-0.3, -0.25) is 4.79 Å². The van der Waals surface area contributed by atoms with E-state index in [0.717, 1.165) is 17.9 Å². The van der Waals surface area contributed by atoms with E-state index in [1.54, 1.807) is 19.4 Å². The standard InChI is InChI=1S/C18H24N4O3/c1-4-13(2)21-18-20-10-9-16(22-18)17(23)19-11-12-25-15-7-5-14(24-3)6-8-15/h5-10,13H,4,11-12H2,1-3H3,(H,19,23)(H,20,21,22). The van der Waals surface area contributed by atoms with Crippen molar-refractivity contribution in [3.05, 3.63) is 42.2 Å². The van der Waals surface area contributed by atoms with Crippen LogP contribution in [0.15, 0.2) is 36.5 Å². The van der Waals surface area contributed by atoms with Gasteiger partial charge in [0, 0.05) is 12.2 Å². The number of hydrogen-bond donors (Lipinski definition) is 2. The van der Waals surface area contributed by atoms with Crippen LogP contribution in [0, 0.1) is 0 Å². The summed E-state index contributed by atoms with van der Waals surface area (Å²) >= 11 is 0. The van der Waals surface area contributed by atoms with E-state index in [1.807, 2.05) is 31.2 Å². The van der Waals surface area contributed by atoms with Crippen LogP contribution in [0.1, 0.15) is 30.8 Å². The Kier molecular flexibility index (Phi) is 7.00. The number of carbonyl (C=O) groups excluding carboxylic acids is 1. The predicted octanol–water partition coefficient (Wildman–Crippen LogP) is 2.50. The van der Waals surface area contributed by atoms with E-state index in [2.05, 4.69) is 27.5 Å². The van der Waals surface area contributed by atoms with Crippen LogP contribution in [-0.2, 0) is 0 Å². The van der Waals surface area contributed by atoms with E-state index < -0.39 is 0 Å². The molecule has 1 heterocycles. The van der Waals surface area contributed by atoms with E-state index in [9.17, 15) is 4.79 Å². The number of rotatable bonds is 9. The number of nitrogens with one attached hydrogen (secondary N) is 2. The highest BCUT2D eigenvalue weighted by Crippen LogP contribution is 2.16. The Morgan fingerprint density at radius 2 is 1.92 bits per heavy atom. The average Bonchev–Trinajstić information content (AvgIpc) is 2.65. The summed E-state index contributed by atoms with van der Waals surface area (Å²) in [6.07, 6.45) is 2.52. The van der Waals surface area contributed by atoms with Crippen molar-refractivity contribution in [3.63, 3.8) is 0 Å². The second kappa shape index (κ2) is 9.46. The Labute approximate surface area is 147 Å². The molecule has 0 spiro atoms. The first-order valence-electron chi connectivity index (χ1n) is 8.27. The number of ether oxygens (including phenoxy) is 2. The van der Waals surface area contributed by atoms with Gasteiger partial charge in [-0.1, -0.05) is 6.92 Å². The lowest BCUT2D eigenvalue weighted by molar-refractivity contribution is 0.0942. The summed E-state index contributed by atoms with van der Waals surface area (Å²) in [6, 6.07) is 9.11. The third-order valence-corrected chi connectivity index (χ3v) is 3.59. The fourth-order valence-electron chi connectivity index (χ4n) is 1.97. The zero-order chi connectivity index (χ0) is 18.1. The van der Waals surface area contributed by atoms with Crippen molar-refractivity contribution in [2.75, 3.05) is 25.6 Å². The molecule has 1 unspecified atom stereocenters. The highest BCUT2D eigenvalue weighted by atomic mass is 16.5. The van der Waals surface area contributed by atoms with Gasteiger partial charge in [0.15, 0.2) is 0 Å². The lowest BCUT2D eigenvalue weighted by Gasteiger charge is -2.12. The molecule has 134 valence electrons. The normalized spacial score (nSPS) is 11.5. The molecule has 7 nitrogen and oxygen atoms in total. The van der Waals surface area contributed by atoms with Crippen molar-refractivity contribution in [3.8, 4) is 11.5 Å². The molecular formula is C18H24N4O3. The zero-order valence-corrected chi connectivity index (χ0v) is 14.8. The Morgan fingerprint density at radius 3 is 2.60 bits per heavy atom. The number of aromatic nitrogens is 2. The zero-order valence-electron chi connectivity index (χ0n) is 14.8. The summed E-state index contributed by atoms with van der Waals surface area (Å²) in [5, 5.41) is 5.93. The molecule has 0 aliphatic heterocycles. The molecule has 0 saturated heterocycles. The van der Waals surface area contributed by atoms with Gasteiger partial charge in [-0.25, -0.2) is 9.97 Å². The number of amides is 1. The van der Waals surface area contributed by atoms with Crippen LogP contribution in [0.4, 0.5) is 5.95 Å². The largest absolute Gasteiger partial charge is 0.497 e. The molecule has 2 N–H and O–H groups in total. The molecule has 0 aliphatic rings. The van der Waals surface area contributed by atoms with Gasteiger partial charge < -0.3 is 20.1 Å². The number of methoxy groups -OCH3 is 1. The van der Waals surface area contributed by atoms with Crippen molar-refractivity contribution in [1.29, 1.82) is 0 Å². The Balaban J connectivity index is 1.78. The molecule has 0 saturated carbocycles. The second-order valence-corrected chi connectivity index (χ2v) is 5.50. The van der Waals surface area contributed by atoms with Crippen LogP contribution >= 0.6 is 0 Å². The number of carbonyl (C=O) groups is 1. The minimum Gasteiger partial charge on any atom is -0.497 e. The van der Waals surface area contributed by atoms with Crippen LogP contribution in [0.2, 0.25) is 0 Å². The molecule has 25 heavy (non-hydrogen) atoms. The third-order valence-electron chi connectivity index (χ3n) is 3.59. The van der Waals surface area contributed by atoms with Crippen molar-refractivity contribution in [1.82, 2.24) is 15.3 Å². The molecular weight excluding hydrogens is 320 g/mol. The van der Waals surface area contributed by atoms with E-state index >= 15 is 0 Å². The number of benzene rings is 1. The lowest BCUT2D eigenvalue weighted by atomic mass is 10.3. The first-order valence-corrected chi connectivity index (χ1v) is 8.27. The maximum absolute atomic E-state index is 12.1. The Bertz CT molecular complexity index is 676. The van der Waals surface area contributed by atoms with Gasteiger partial charge in [0.2, 0.25) is 5.95 Å². The SMILES string of the molecule is CCC(C)Nc1nccc(C(=O)NCCOc2ccc(OC)cc2)n1. The van der Waals surface area contributed by atoms with Crippen molar-refractivity contribution >= 4 is 11.9 Å². The first kappa shape index (κ1) is 18.5. The molecule has 1 aromatic carbocycles. The van der Waals surface area contributed by atoms with Crippen LogP contribution < -0.4 is 20.1 Å². The topological polar surface area (TPSA) is 85.4 Å². The van der Waals surface area contributed by atoms with Gasteiger partial charge in [-0.15, -0.1) is 0 Å². The molecule has 1 amide bonds. The monoisotopic (exact) mass is 344 g/mol. The molecule has 0 fully saturated rings. The van der Waals surface area contributed by atoms with Crippen molar-refractivity contribution in [2.24, 2.45) is 0 Å². The molecule has 0 bridgehead atoms. The summed E-state index contributed by atoms with van der Waals surface area (Å²) in [4.78, 5) is 20.5. The summed E-state index contributed by atoms with van der Waals surface area (Å²) < 4.78 is 10.7. The van der Waals surface area contributed by atoms with Crippen LogP contribution in [-0.4, -0.2) is 42.2 Å². The summed E-state index contributed by atoms with van der Waals surface area (Å²) in [6.45, 7) is 4.84. The van der Waals surface area contributed by atoms with Gasteiger partial charge in [0.1, 0.15) is 23.8 Å². The average molecular weight is 344 g/mol. The number of anilines is 1. The highest BCUT2D eigenvalue weighted by Gasteiger charge is 2.09. The molecule has 0 radical (unpaired) electrons. The molecule has 2 rings (SSSR count). The summed E-state index contributed by atoms with van der Waals surface area (Å²) in [5.41, 5.74) is 0.324. The van der Waals surface area contributed by atoms with E-state index in [4.69, 9.17) is 9.47 Å². The Morgan fingerprint density at radius 1 is 1.20 bits per heavy atom. The van der Waals surface area contributed by atoms with Gasteiger partial charge in [-0.05, 0) is 43.7 Å². The summed E-state index contributed by atoms with van der Waals surface area (Å²) in [7, 11) is 1.61. The second-order valence-electron chi connectivity index (χ2n) is 5.50. The first-order chi connectivity index (χ1) is 12.1. The molecule has 7 heteroatoms. The third kappa shape index (κ3) is 5.95. The fourth-order valence-corrected chi connectivity index (χ4v) is 1.97. The van der Waals surface area contributed by atoms with Crippen LogP contribution in [0.5, 0.6) is 11.5 Å². The van der Waals surface area contributed by atoms with E-state index in [-0.39, 0.29) is 11.9 Å². The Hall–Kier alpha value is -2.83. The van der Waals surface area contributed by atoms with Crippen LogP contribution in [0.25, 0.3) is 0 Å². The smallest absolute Gasteiger partial charge is 0.270 e. The van der Waals surface area contributed by atoms with Gasteiger partial charge in [0.25, 0.3) is 5.91 Å². The maximum Gasteiger partial charge on any atom is 0.270 e. The quantitative estimate of drug-likeness (QED) is 0.680. The molecule has 2 aromatic rings. The van der Waals surface area contributed by atoms with E-state index in [0.29, 0.717) is 24.8 Å². The molecule has 1 atom stereocenters. The maximum atomic E-state index is 12.1. The highest BCUT2D eigenvalue weighted by molar-refractivity contribution is 5.92. The van der Waals surface area contributed by atoms with Crippen molar-refractivity contribution in [2.45, 2.75) is 26.3 Å². The van der Waals surface area contributed by atoms with Gasteiger partial charge in [-0.2, -0.15) is 0 Å². The number of hydrogen-bond acceptors (Lipinski definition) is 6. The lowest BCUT2D eigenvalue weighted by Crippen LogP contribution is -2.29.